The molecule has 1 aliphatic rings. The van der Waals surface area contributed by atoms with Gasteiger partial charge in [0.1, 0.15) is 23.0 Å². The fourth-order valence-corrected chi connectivity index (χ4v) is 2.98. The fourth-order valence-electron chi connectivity index (χ4n) is 2.98. The molecule has 0 radical (unpaired) electrons. The molecule has 9 nitrogen and oxygen atoms in total. The smallest absolute Gasteiger partial charge is 0.387 e. The molecule has 0 aromatic heterocycles. The number of carbonyl (C=O) groups excluding carboxylic acids is 3. The van der Waals surface area contributed by atoms with E-state index < -0.39 is 35.9 Å². The van der Waals surface area contributed by atoms with Gasteiger partial charge in [-0.05, 0) is 43.3 Å². The molecule has 1 aliphatic heterocycles. The van der Waals surface area contributed by atoms with Crippen LogP contribution in [0.1, 0.15) is 17.3 Å². The molecule has 174 valence electrons. The van der Waals surface area contributed by atoms with E-state index in [2.05, 4.69) is 31.3 Å². The lowest BCUT2D eigenvalue weighted by molar-refractivity contribution is -0.118. The summed E-state index contributed by atoms with van der Waals surface area (Å²) in [5.41, 5.74) is 0.497. The van der Waals surface area contributed by atoms with Crippen LogP contribution in [-0.2, 0) is 9.59 Å². The highest BCUT2D eigenvalue weighted by atomic mass is 19.3. The molecule has 1 atom stereocenters. The Hall–Kier alpha value is -4.22. The molecular formula is C21H20F3N5O4. The van der Waals surface area contributed by atoms with E-state index in [0.29, 0.717) is 17.4 Å². The zero-order valence-corrected chi connectivity index (χ0v) is 17.5. The van der Waals surface area contributed by atoms with Gasteiger partial charge in [0.15, 0.2) is 0 Å². The van der Waals surface area contributed by atoms with E-state index in [4.69, 9.17) is 0 Å². The van der Waals surface area contributed by atoms with Crippen LogP contribution in [0.2, 0.25) is 0 Å². The van der Waals surface area contributed by atoms with Crippen LogP contribution in [0.5, 0.6) is 5.75 Å². The summed E-state index contributed by atoms with van der Waals surface area (Å²) in [5.74, 6) is -3.23. The predicted octanol–water partition coefficient (Wildman–Crippen LogP) is 2.11. The molecule has 0 bridgehead atoms. The molecule has 5 N–H and O–H groups in total. The largest absolute Gasteiger partial charge is 0.435 e. The average molecular weight is 463 g/mol. The third kappa shape index (κ3) is 5.73. The van der Waals surface area contributed by atoms with E-state index in [0.717, 1.165) is 12.1 Å². The Bertz CT molecular complexity index is 1110. The number of carbonyl (C=O) groups is 3. The molecule has 0 saturated carbocycles. The van der Waals surface area contributed by atoms with E-state index >= 15 is 0 Å². The second-order valence-electron chi connectivity index (χ2n) is 6.85. The van der Waals surface area contributed by atoms with Crippen molar-refractivity contribution in [2.75, 3.05) is 17.7 Å². The van der Waals surface area contributed by atoms with Gasteiger partial charge in [-0.15, -0.1) is 0 Å². The number of hydrogen-bond donors (Lipinski definition) is 5. The second kappa shape index (κ2) is 9.94. The zero-order chi connectivity index (χ0) is 24.1. The Morgan fingerprint density at radius 2 is 1.45 bits per heavy atom. The third-order valence-corrected chi connectivity index (χ3v) is 4.46. The molecule has 0 saturated heterocycles. The highest BCUT2D eigenvalue weighted by molar-refractivity contribution is 6.10. The van der Waals surface area contributed by atoms with Crippen LogP contribution >= 0.6 is 0 Å². The summed E-state index contributed by atoms with van der Waals surface area (Å²) < 4.78 is 42.6. The van der Waals surface area contributed by atoms with Gasteiger partial charge < -0.3 is 31.3 Å². The monoisotopic (exact) mass is 463 g/mol. The lowest BCUT2D eigenvalue weighted by Gasteiger charge is -2.11. The molecule has 3 amide bonds. The summed E-state index contributed by atoms with van der Waals surface area (Å²) in [7, 11) is 1.44. The van der Waals surface area contributed by atoms with Gasteiger partial charge in [0.25, 0.3) is 17.7 Å². The highest BCUT2D eigenvalue weighted by Crippen LogP contribution is 2.21. The maximum atomic E-state index is 14.1. The molecule has 0 aliphatic carbocycles. The normalized spacial score (nSPS) is 14.9. The Kier molecular flexibility index (Phi) is 7.06. The summed E-state index contributed by atoms with van der Waals surface area (Å²) in [6, 6.07) is 8.70. The maximum Gasteiger partial charge on any atom is 0.387 e. The van der Waals surface area contributed by atoms with Crippen molar-refractivity contribution < 1.29 is 32.3 Å². The lowest BCUT2D eigenvalue weighted by Crippen LogP contribution is -2.33. The maximum absolute atomic E-state index is 14.1. The number of hydrogen-bond acceptors (Lipinski definition) is 6. The zero-order valence-electron chi connectivity index (χ0n) is 17.5. The van der Waals surface area contributed by atoms with Crippen molar-refractivity contribution >= 4 is 29.1 Å². The van der Waals surface area contributed by atoms with Gasteiger partial charge in [-0.25, -0.2) is 4.39 Å². The summed E-state index contributed by atoms with van der Waals surface area (Å²) in [6.45, 7) is -1.37. The Labute approximate surface area is 186 Å². The van der Waals surface area contributed by atoms with Crippen LogP contribution < -0.4 is 31.3 Å². The predicted molar refractivity (Wildman–Crippen MR) is 113 cm³/mol. The first-order valence-electron chi connectivity index (χ1n) is 9.64. The van der Waals surface area contributed by atoms with Crippen molar-refractivity contribution in [2.24, 2.45) is 0 Å². The van der Waals surface area contributed by atoms with Gasteiger partial charge in [-0.1, -0.05) is 0 Å². The molecule has 12 heteroatoms. The topological polar surface area (TPSA) is 121 Å². The standard InChI is InChI=1S/C21H20F3N5O4/c1-10-26-16(19(31)25-2)17(27-10)20(32)29-12-5-3-11(4-6-12)28-18(30)14-8-7-13(9-15(14)22)33-21(23)24/h3-10,21,26-27H,1-2H3,(H,25,31)(H,28,30)(H,29,32). The van der Waals surface area contributed by atoms with Crippen molar-refractivity contribution in [1.82, 2.24) is 16.0 Å². The van der Waals surface area contributed by atoms with Crippen molar-refractivity contribution in [3.63, 3.8) is 0 Å². The summed E-state index contributed by atoms with van der Waals surface area (Å²) in [4.78, 5) is 36.8. The van der Waals surface area contributed by atoms with E-state index in [9.17, 15) is 27.6 Å². The Balaban J connectivity index is 1.65. The molecule has 33 heavy (non-hydrogen) atoms. The van der Waals surface area contributed by atoms with Gasteiger partial charge in [0.2, 0.25) is 0 Å². The number of ether oxygens (including phenoxy) is 1. The molecule has 0 fully saturated rings. The minimum absolute atomic E-state index is 0.0778. The van der Waals surface area contributed by atoms with Crippen LogP contribution in [-0.4, -0.2) is 37.5 Å². The SMILES string of the molecule is CNC(=O)C1=C(C(=O)Nc2ccc(NC(=O)c3ccc(OC(F)F)cc3F)cc2)NC(C)N1. The molecular weight excluding hydrogens is 443 g/mol. The van der Waals surface area contributed by atoms with Gasteiger partial charge in [0, 0.05) is 24.5 Å². The number of rotatable bonds is 7. The van der Waals surface area contributed by atoms with E-state index in [1.54, 1.807) is 6.92 Å². The second-order valence-corrected chi connectivity index (χ2v) is 6.85. The quantitative estimate of drug-likeness (QED) is 0.429. The third-order valence-electron chi connectivity index (χ3n) is 4.46. The first-order chi connectivity index (χ1) is 15.7. The van der Waals surface area contributed by atoms with E-state index in [1.165, 1.54) is 31.3 Å². The van der Waals surface area contributed by atoms with Crippen LogP contribution in [0.3, 0.4) is 0 Å². The fraction of sp³-hybridized carbons (Fsp3) is 0.190. The van der Waals surface area contributed by atoms with Crippen molar-refractivity contribution in [3.8, 4) is 5.75 Å². The van der Waals surface area contributed by atoms with Crippen LogP contribution in [0.15, 0.2) is 53.9 Å². The van der Waals surface area contributed by atoms with Gasteiger partial charge >= 0.3 is 6.61 Å². The van der Waals surface area contributed by atoms with Crippen LogP contribution in [0.25, 0.3) is 0 Å². The van der Waals surface area contributed by atoms with E-state index in [-0.39, 0.29) is 23.1 Å². The number of anilines is 2. The number of benzene rings is 2. The average Bonchev–Trinajstić information content (AvgIpc) is 3.16. The number of likely N-dealkylation sites (N-methyl/N-ethyl adjacent to an activating group) is 1. The molecule has 3 rings (SSSR count). The Morgan fingerprint density at radius 3 is 1.97 bits per heavy atom. The number of halogens is 3. The highest BCUT2D eigenvalue weighted by Gasteiger charge is 2.28. The van der Waals surface area contributed by atoms with Gasteiger partial charge in [0.05, 0.1) is 11.7 Å². The minimum Gasteiger partial charge on any atom is -0.435 e. The molecule has 2 aromatic carbocycles. The van der Waals surface area contributed by atoms with Crippen molar-refractivity contribution in [2.45, 2.75) is 19.7 Å². The number of amides is 3. The van der Waals surface area contributed by atoms with Crippen molar-refractivity contribution in [3.05, 3.63) is 65.2 Å². The summed E-state index contributed by atoms with van der Waals surface area (Å²) in [5, 5.41) is 13.3. The minimum atomic E-state index is -3.11. The first-order valence-corrected chi connectivity index (χ1v) is 9.64. The van der Waals surface area contributed by atoms with Gasteiger partial charge in [-0.3, -0.25) is 14.4 Å². The molecule has 1 heterocycles. The molecule has 2 aromatic rings. The summed E-state index contributed by atoms with van der Waals surface area (Å²) in [6.07, 6.45) is -0.313. The van der Waals surface area contributed by atoms with Gasteiger partial charge in [-0.2, -0.15) is 8.78 Å². The summed E-state index contributed by atoms with van der Waals surface area (Å²) >= 11 is 0. The van der Waals surface area contributed by atoms with Crippen molar-refractivity contribution in [1.29, 1.82) is 0 Å². The number of nitrogens with one attached hydrogen (secondary N) is 5. The van der Waals surface area contributed by atoms with E-state index in [1.807, 2.05) is 0 Å². The first kappa shape index (κ1) is 23.4. The van der Waals surface area contributed by atoms with Crippen LogP contribution in [0.4, 0.5) is 24.5 Å². The van der Waals surface area contributed by atoms with Crippen LogP contribution in [0, 0.1) is 5.82 Å². The Morgan fingerprint density at radius 1 is 0.909 bits per heavy atom. The lowest BCUT2D eigenvalue weighted by atomic mass is 10.2. The molecule has 0 spiro atoms. The number of alkyl halides is 2. The molecule has 1 unspecified atom stereocenters.